The van der Waals surface area contributed by atoms with Crippen LogP contribution in [0.25, 0.3) is 28.4 Å². The lowest BCUT2D eigenvalue weighted by atomic mass is 10.1. The lowest BCUT2D eigenvalue weighted by Gasteiger charge is -2.10. The van der Waals surface area contributed by atoms with Crippen molar-refractivity contribution in [3.05, 3.63) is 90.1 Å². The number of fused-ring (bicyclic) bond motifs is 1. The Kier molecular flexibility index (Phi) is 5.70. The predicted molar refractivity (Wildman–Crippen MR) is 129 cm³/mol. The second-order valence-electron chi connectivity index (χ2n) is 7.89. The molecule has 0 unspecified atom stereocenters. The zero-order valence-electron chi connectivity index (χ0n) is 18.8. The van der Waals surface area contributed by atoms with E-state index in [-0.39, 0.29) is 12.5 Å². The fourth-order valence-electron chi connectivity index (χ4n) is 3.50. The van der Waals surface area contributed by atoms with Crippen LogP contribution in [-0.2, 0) is 4.79 Å². The van der Waals surface area contributed by atoms with E-state index in [9.17, 15) is 4.79 Å². The Balaban J connectivity index is 1.33. The van der Waals surface area contributed by atoms with E-state index in [0.29, 0.717) is 34.3 Å². The van der Waals surface area contributed by atoms with Crippen LogP contribution in [0.1, 0.15) is 11.1 Å². The van der Waals surface area contributed by atoms with Gasteiger partial charge in [0.25, 0.3) is 5.91 Å². The summed E-state index contributed by atoms with van der Waals surface area (Å²) in [7, 11) is 0. The van der Waals surface area contributed by atoms with Crippen molar-refractivity contribution in [2.75, 3.05) is 11.9 Å². The highest BCUT2D eigenvalue weighted by atomic mass is 16.5. The minimum absolute atomic E-state index is 0.0783. The third kappa shape index (κ3) is 4.47. The molecule has 2 aromatic carbocycles. The van der Waals surface area contributed by atoms with Gasteiger partial charge in [0.1, 0.15) is 11.4 Å². The van der Waals surface area contributed by atoms with E-state index in [1.54, 1.807) is 10.7 Å². The quantitative estimate of drug-likeness (QED) is 0.410. The summed E-state index contributed by atoms with van der Waals surface area (Å²) in [5, 5.41) is 16.0. The van der Waals surface area contributed by atoms with Crippen LogP contribution in [0.5, 0.6) is 5.75 Å². The summed E-state index contributed by atoms with van der Waals surface area (Å²) in [5.74, 6) is 0.989. The van der Waals surface area contributed by atoms with Gasteiger partial charge in [0.15, 0.2) is 12.3 Å². The molecule has 0 spiro atoms. The molecule has 8 heteroatoms. The molecule has 0 bridgehead atoms. The van der Waals surface area contributed by atoms with Crippen molar-refractivity contribution < 1.29 is 9.53 Å². The summed E-state index contributed by atoms with van der Waals surface area (Å²) >= 11 is 0. The van der Waals surface area contributed by atoms with Crippen molar-refractivity contribution >= 4 is 17.2 Å². The van der Waals surface area contributed by atoms with Crippen molar-refractivity contribution in [3.63, 3.8) is 0 Å². The highest BCUT2D eigenvalue weighted by molar-refractivity contribution is 5.92. The van der Waals surface area contributed by atoms with E-state index in [2.05, 4.69) is 20.5 Å². The second kappa shape index (κ2) is 9.11. The summed E-state index contributed by atoms with van der Waals surface area (Å²) in [6, 6.07) is 22.6. The number of pyridine rings is 1. The molecule has 5 rings (SSSR count). The van der Waals surface area contributed by atoms with Gasteiger partial charge in [-0.3, -0.25) is 9.78 Å². The minimum atomic E-state index is -0.241. The zero-order valence-corrected chi connectivity index (χ0v) is 18.8. The molecule has 1 N–H and O–H groups in total. The number of amides is 1. The number of rotatable bonds is 6. The number of hydrogen-bond donors (Lipinski definition) is 1. The van der Waals surface area contributed by atoms with Crippen LogP contribution in [0.2, 0.25) is 0 Å². The Morgan fingerprint density at radius 1 is 0.912 bits per heavy atom. The molecule has 0 saturated carbocycles. The van der Waals surface area contributed by atoms with Gasteiger partial charge < -0.3 is 10.1 Å². The lowest BCUT2D eigenvalue weighted by molar-refractivity contribution is -0.118. The molecule has 3 heterocycles. The number of benzene rings is 2. The van der Waals surface area contributed by atoms with Crippen LogP contribution in [-0.4, -0.2) is 37.3 Å². The van der Waals surface area contributed by atoms with Crippen LogP contribution >= 0.6 is 0 Å². The topological polar surface area (TPSA) is 94.3 Å². The smallest absolute Gasteiger partial charge is 0.262 e. The minimum Gasteiger partial charge on any atom is -0.484 e. The van der Waals surface area contributed by atoms with E-state index in [0.717, 1.165) is 11.1 Å². The maximum Gasteiger partial charge on any atom is 0.262 e. The molecule has 5 aromatic rings. The van der Waals surface area contributed by atoms with E-state index in [1.807, 2.05) is 86.6 Å². The average molecular weight is 451 g/mol. The van der Waals surface area contributed by atoms with Crippen molar-refractivity contribution in [2.24, 2.45) is 0 Å². The number of nitrogens with zero attached hydrogens (tertiary/aromatic N) is 5. The van der Waals surface area contributed by atoms with Gasteiger partial charge in [-0.1, -0.05) is 24.3 Å². The standard InChI is InChI=1S/C26H22N6O2/c1-17-9-10-21(14-18(17)2)34-16-25(33)28-20-7-5-6-19(15-20)22-11-12-24-29-30-26(32(24)31-22)23-8-3-4-13-27-23/h3-15H,16H2,1-2H3,(H,28,33). The molecule has 0 atom stereocenters. The number of aromatic nitrogens is 5. The van der Waals surface area contributed by atoms with Gasteiger partial charge in [0, 0.05) is 17.4 Å². The largest absolute Gasteiger partial charge is 0.484 e. The van der Waals surface area contributed by atoms with Gasteiger partial charge in [-0.2, -0.15) is 9.61 Å². The third-order valence-electron chi connectivity index (χ3n) is 5.45. The number of anilines is 1. The monoisotopic (exact) mass is 450 g/mol. The Labute approximate surface area is 196 Å². The molecular weight excluding hydrogens is 428 g/mol. The van der Waals surface area contributed by atoms with Crippen molar-refractivity contribution in [1.29, 1.82) is 0 Å². The van der Waals surface area contributed by atoms with Crippen LogP contribution in [0, 0.1) is 13.8 Å². The number of carbonyl (C=O) groups is 1. The molecule has 0 saturated heterocycles. The third-order valence-corrected chi connectivity index (χ3v) is 5.45. The Morgan fingerprint density at radius 3 is 2.65 bits per heavy atom. The van der Waals surface area contributed by atoms with Crippen LogP contribution in [0.3, 0.4) is 0 Å². The van der Waals surface area contributed by atoms with Gasteiger partial charge >= 0.3 is 0 Å². The van der Waals surface area contributed by atoms with Gasteiger partial charge in [-0.05, 0) is 73.5 Å². The van der Waals surface area contributed by atoms with E-state index in [1.165, 1.54) is 5.56 Å². The van der Waals surface area contributed by atoms with E-state index >= 15 is 0 Å². The summed E-state index contributed by atoms with van der Waals surface area (Å²) in [6.07, 6.45) is 1.70. The second-order valence-corrected chi connectivity index (χ2v) is 7.89. The number of ether oxygens (including phenoxy) is 1. The number of nitrogens with one attached hydrogen (secondary N) is 1. The summed E-state index contributed by atoms with van der Waals surface area (Å²) in [4.78, 5) is 16.8. The Bertz CT molecular complexity index is 1480. The van der Waals surface area contributed by atoms with Crippen molar-refractivity contribution in [3.8, 4) is 28.5 Å². The molecule has 0 radical (unpaired) electrons. The maximum atomic E-state index is 12.4. The highest BCUT2D eigenvalue weighted by Crippen LogP contribution is 2.23. The molecular formula is C26H22N6O2. The van der Waals surface area contributed by atoms with Crippen LogP contribution < -0.4 is 10.1 Å². The first-order chi connectivity index (χ1) is 16.6. The SMILES string of the molecule is Cc1ccc(OCC(=O)Nc2cccc(-c3ccc4nnc(-c5ccccn5)n4n3)c2)cc1C. The average Bonchev–Trinajstić information content (AvgIpc) is 3.29. The van der Waals surface area contributed by atoms with Crippen LogP contribution in [0.15, 0.2) is 79.0 Å². The number of hydrogen-bond acceptors (Lipinski definition) is 6. The zero-order chi connectivity index (χ0) is 23.5. The highest BCUT2D eigenvalue weighted by Gasteiger charge is 2.12. The van der Waals surface area contributed by atoms with Gasteiger partial charge in [0.2, 0.25) is 5.82 Å². The first-order valence-electron chi connectivity index (χ1n) is 10.8. The van der Waals surface area contributed by atoms with E-state index in [4.69, 9.17) is 9.84 Å². The molecule has 0 aliphatic rings. The van der Waals surface area contributed by atoms with Crippen molar-refractivity contribution in [1.82, 2.24) is 24.8 Å². The number of carbonyl (C=O) groups excluding carboxylic acids is 1. The summed E-state index contributed by atoms with van der Waals surface area (Å²) < 4.78 is 7.30. The van der Waals surface area contributed by atoms with Gasteiger partial charge in [-0.15, -0.1) is 10.2 Å². The molecule has 0 fully saturated rings. The van der Waals surface area contributed by atoms with Crippen LogP contribution in [0.4, 0.5) is 5.69 Å². The summed E-state index contributed by atoms with van der Waals surface area (Å²) in [6.45, 7) is 3.97. The normalized spacial score (nSPS) is 10.9. The van der Waals surface area contributed by atoms with Gasteiger partial charge in [-0.25, -0.2) is 0 Å². The molecule has 1 amide bonds. The molecule has 34 heavy (non-hydrogen) atoms. The molecule has 0 aliphatic heterocycles. The fraction of sp³-hybridized carbons (Fsp3) is 0.115. The number of aryl methyl sites for hydroxylation is 2. The fourth-order valence-corrected chi connectivity index (χ4v) is 3.50. The molecule has 8 nitrogen and oxygen atoms in total. The van der Waals surface area contributed by atoms with E-state index < -0.39 is 0 Å². The predicted octanol–water partition coefficient (Wildman–Crippen LogP) is 4.49. The van der Waals surface area contributed by atoms with Gasteiger partial charge in [0.05, 0.1) is 5.69 Å². The Morgan fingerprint density at radius 2 is 1.82 bits per heavy atom. The Hall–Kier alpha value is -4.59. The molecule has 168 valence electrons. The van der Waals surface area contributed by atoms with Crippen molar-refractivity contribution in [2.45, 2.75) is 13.8 Å². The molecule has 0 aliphatic carbocycles. The molecule has 3 aromatic heterocycles. The first kappa shape index (κ1) is 21.3. The lowest BCUT2D eigenvalue weighted by Crippen LogP contribution is -2.20. The first-order valence-corrected chi connectivity index (χ1v) is 10.8. The summed E-state index contributed by atoms with van der Waals surface area (Å²) in [5.41, 5.74) is 5.82. The maximum absolute atomic E-state index is 12.4.